The van der Waals surface area contributed by atoms with E-state index >= 15 is 0 Å². The van der Waals surface area contributed by atoms with E-state index in [0.29, 0.717) is 17.2 Å². The average Bonchev–Trinajstić information content (AvgIpc) is 2.71. The second-order valence-corrected chi connectivity index (χ2v) is 7.06. The molecule has 0 heterocycles. The summed E-state index contributed by atoms with van der Waals surface area (Å²) in [6.45, 7) is 3.71. The first kappa shape index (κ1) is 21.7. The monoisotopic (exact) mass is 391 g/mol. The second-order valence-electron chi connectivity index (χ2n) is 7.06. The van der Waals surface area contributed by atoms with Gasteiger partial charge in [0, 0.05) is 25.5 Å². The highest BCUT2D eigenvalue weighted by atomic mass is 16.5. The van der Waals surface area contributed by atoms with E-state index < -0.39 is 18.5 Å². The normalized spacial score (nSPS) is 11.0. The summed E-state index contributed by atoms with van der Waals surface area (Å²) in [7, 11) is 3.85. The van der Waals surface area contributed by atoms with Crippen molar-refractivity contribution < 1.29 is 14.3 Å². The zero-order valence-electron chi connectivity index (χ0n) is 17.1. The number of carbonyl (C=O) groups excluding carboxylic acids is 2. The van der Waals surface area contributed by atoms with Crippen molar-refractivity contribution in [2.75, 3.05) is 30.9 Å². The van der Waals surface area contributed by atoms with Crippen LogP contribution in [0, 0.1) is 11.3 Å². The quantitative estimate of drug-likeness (QED) is 0.439. The Morgan fingerprint density at radius 2 is 1.72 bits per heavy atom. The lowest BCUT2D eigenvalue weighted by Gasteiger charge is -2.11. The summed E-state index contributed by atoms with van der Waals surface area (Å²) in [5.74, 6) is -0.909. The molecule has 6 nitrogen and oxygen atoms in total. The minimum Gasteiger partial charge on any atom is -0.451 e. The van der Waals surface area contributed by atoms with Gasteiger partial charge in [0.2, 0.25) is 0 Å². The fraction of sp³-hybridized carbons (Fsp3) is 0.261. The zero-order valence-corrected chi connectivity index (χ0v) is 17.1. The number of amides is 1. The summed E-state index contributed by atoms with van der Waals surface area (Å²) in [6, 6.07) is 16.6. The number of rotatable bonds is 7. The van der Waals surface area contributed by atoms with Crippen LogP contribution in [0.15, 0.2) is 54.1 Å². The van der Waals surface area contributed by atoms with Gasteiger partial charge in [0.25, 0.3) is 5.91 Å². The molecular formula is C23H25N3O3. The first-order valence-corrected chi connectivity index (χ1v) is 9.26. The maximum atomic E-state index is 12.1. The molecule has 2 rings (SSSR count). The summed E-state index contributed by atoms with van der Waals surface area (Å²) < 4.78 is 4.98. The van der Waals surface area contributed by atoms with Gasteiger partial charge in [0.1, 0.15) is 11.6 Å². The van der Waals surface area contributed by atoms with Crippen molar-refractivity contribution in [3.8, 4) is 6.07 Å². The Kier molecular flexibility index (Phi) is 7.55. The van der Waals surface area contributed by atoms with Crippen LogP contribution in [0.2, 0.25) is 0 Å². The van der Waals surface area contributed by atoms with Gasteiger partial charge in [-0.25, -0.2) is 4.79 Å². The Morgan fingerprint density at radius 3 is 2.24 bits per heavy atom. The molecule has 2 aromatic rings. The van der Waals surface area contributed by atoms with Gasteiger partial charge in [-0.3, -0.25) is 4.79 Å². The number of anilines is 2. The molecule has 6 heteroatoms. The van der Waals surface area contributed by atoms with E-state index in [1.54, 1.807) is 24.3 Å². The number of ether oxygens (including phenoxy) is 1. The number of nitriles is 1. The van der Waals surface area contributed by atoms with E-state index in [2.05, 4.69) is 19.2 Å². The van der Waals surface area contributed by atoms with Crippen molar-refractivity contribution in [3.63, 3.8) is 0 Å². The zero-order chi connectivity index (χ0) is 21.4. The van der Waals surface area contributed by atoms with Gasteiger partial charge in [0.15, 0.2) is 6.61 Å². The van der Waals surface area contributed by atoms with Gasteiger partial charge >= 0.3 is 5.97 Å². The lowest BCUT2D eigenvalue weighted by molar-refractivity contribution is -0.142. The highest BCUT2D eigenvalue weighted by Crippen LogP contribution is 2.17. The Hall–Kier alpha value is -3.59. The summed E-state index contributed by atoms with van der Waals surface area (Å²) in [6.07, 6.45) is 1.43. The number of nitrogens with zero attached hydrogens (tertiary/aromatic N) is 2. The highest BCUT2D eigenvalue weighted by molar-refractivity contribution is 6.00. The third kappa shape index (κ3) is 6.51. The molecule has 0 aliphatic carbocycles. The Bertz CT molecular complexity index is 921. The fourth-order valence-corrected chi connectivity index (χ4v) is 2.53. The van der Waals surface area contributed by atoms with Crippen molar-refractivity contribution in [3.05, 3.63) is 65.2 Å². The molecule has 0 aliphatic rings. The summed E-state index contributed by atoms with van der Waals surface area (Å²) in [5.41, 5.74) is 3.31. The number of carbonyl (C=O) groups is 2. The van der Waals surface area contributed by atoms with Crippen LogP contribution >= 0.6 is 0 Å². The Balaban J connectivity index is 1.93. The van der Waals surface area contributed by atoms with Gasteiger partial charge in [-0.2, -0.15) is 5.26 Å². The number of hydrogen-bond acceptors (Lipinski definition) is 5. The number of benzene rings is 2. The summed E-state index contributed by atoms with van der Waals surface area (Å²) in [4.78, 5) is 26.1. The molecule has 150 valence electrons. The summed E-state index contributed by atoms with van der Waals surface area (Å²) >= 11 is 0. The van der Waals surface area contributed by atoms with E-state index in [1.165, 1.54) is 6.08 Å². The first-order chi connectivity index (χ1) is 13.8. The van der Waals surface area contributed by atoms with Gasteiger partial charge in [-0.15, -0.1) is 0 Å². The number of hydrogen-bond donors (Lipinski definition) is 1. The Labute approximate surface area is 171 Å². The van der Waals surface area contributed by atoms with Gasteiger partial charge in [-0.05, 0) is 47.4 Å². The molecule has 0 saturated carbocycles. The van der Waals surface area contributed by atoms with Crippen molar-refractivity contribution >= 4 is 29.3 Å². The minimum absolute atomic E-state index is 0.170. The molecule has 0 atom stereocenters. The smallest absolute Gasteiger partial charge is 0.349 e. The van der Waals surface area contributed by atoms with Crippen molar-refractivity contribution in [2.24, 2.45) is 0 Å². The SMILES string of the molecule is CC(C)c1ccc(NC(=O)COC(=O)/C(C#N)=C/c2ccc(N(C)C)cc2)cc1. The molecule has 1 N–H and O–H groups in total. The van der Waals surface area contributed by atoms with E-state index in [9.17, 15) is 14.9 Å². The molecule has 0 radical (unpaired) electrons. The lowest BCUT2D eigenvalue weighted by atomic mass is 10.0. The topological polar surface area (TPSA) is 82.4 Å². The molecule has 0 aliphatic heterocycles. The van der Waals surface area contributed by atoms with Crippen LogP contribution in [0.3, 0.4) is 0 Å². The summed E-state index contributed by atoms with van der Waals surface area (Å²) in [5, 5.41) is 11.9. The van der Waals surface area contributed by atoms with E-state index in [1.807, 2.05) is 49.3 Å². The predicted molar refractivity (Wildman–Crippen MR) is 114 cm³/mol. The molecule has 0 fully saturated rings. The predicted octanol–water partition coefficient (Wildman–Crippen LogP) is 3.96. The largest absolute Gasteiger partial charge is 0.451 e. The molecule has 0 saturated heterocycles. The Morgan fingerprint density at radius 1 is 1.10 bits per heavy atom. The maximum absolute atomic E-state index is 12.1. The van der Waals surface area contributed by atoms with Crippen LogP contribution < -0.4 is 10.2 Å². The van der Waals surface area contributed by atoms with Crippen LogP contribution in [0.25, 0.3) is 6.08 Å². The number of nitrogens with one attached hydrogen (secondary N) is 1. The maximum Gasteiger partial charge on any atom is 0.349 e. The van der Waals surface area contributed by atoms with Crippen LogP contribution in [0.5, 0.6) is 0 Å². The highest BCUT2D eigenvalue weighted by Gasteiger charge is 2.13. The molecular weight excluding hydrogens is 366 g/mol. The first-order valence-electron chi connectivity index (χ1n) is 9.26. The third-order valence-electron chi connectivity index (χ3n) is 4.26. The minimum atomic E-state index is -0.838. The van der Waals surface area contributed by atoms with Crippen LogP contribution in [-0.4, -0.2) is 32.6 Å². The average molecular weight is 391 g/mol. The molecule has 2 aromatic carbocycles. The van der Waals surface area contributed by atoms with Crippen LogP contribution in [-0.2, 0) is 14.3 Å². The fourth-order valence-electron chi connectivity index (χ4n) is 2.53. The standard InChI is InChI=1S/C23H25N3O3/c1-16(2)18-7-9-20(10-8-18)25-22(27)15-29-23(28)19(14-24)13-17-5-11-21(12-6-17)26(3)4/h5-13,16H,15H2,1-4H3,(H,25,27)/b19-13+. The molecule has 0 spiro atoms. The molecule has 0 aromatic heterocycles. The van der Waals surface area contributed by atoms with Crippen LogP contribution in [0.1, 0.15) is 30.9 Å². The molecule has 0 unspecified atom stereocenters. The van der Waals surface area contributed by atoms with E-state index in [-0.39, 0.29) is 5.57 Å². The second kappa shape index (κ2) is 10.1. The molecule has 29 heavy (non-hydrogen) atoms. The van der Waals surface area contributed by atoms with Gasteiger partial charge < -0.3 is 15.0 Å². The van der Waals surface area contributed by atoms with E-state index in [4.69, 9.17) is 4.74 Å². The number of esters is 1. The van der Waals surface area contributed by atoms with Gasteiger partial charge in [-0.1, -0.05) is 38.1 Å². The van der Waals surface area contributed by atoms with Crippen LogP contribution in [0.4, 0.5) is 11.4 Å². The molecule has 0 bridgehead atoms. The van der Waals surface area contributed by atoms with Crippen molar-refractivity contribution in [2.45, 2.75) is 19.8 Å². The van der Waals surface area contributed by atoms with Gasteiger partial charge in [0.05, 0.1) is 0 Å². The molecule has 1 amide bonds. The van der Waals surface area contributed by atoms with Crippen molar-refractivity contribution in [1.29, 1.82) is 5.26 Å². The van der Waals surface area contributed by atoms with Crippen molar-refractivity contribution in [1.82, 2.24) is 0 Å². The lowest BCUT2D eigenvalue weighted by Crippen LogP contribution is -2.21. The van der Waals surface area contributed by atoms with E-state index in [0.717, 1.165) is 11.3 Å². The third-order valence-corrected chi connectivity index (χ3v) is 4.26.